The number of primary amides is 1. The summed E-state index contributed by atoms with van der Waals surface area (Å²) < 4.78 is 1.66. The van der Waals surface area contributed by atoms with Gasteiger partial charge in [0.25, 0.3) is 11.7 Å². The second-order valence-corrected chi connectivity index (χ2v) is 9.23. The highest BCUT2D eigenvalue weighted by atomic mass is 32.2. The third kappa shape index (κ3) is 3.37. The summed E-state index contributed by atoms with van der Waals surface area (Å²) in [6, 6.07) is 1.92. The van der Waals surface area contributed by atoms with Crippen molar-refractivity contribution in [1.29, 1.82) is 0 Å². The maximum atomic E-state index is 12.7. The van der Waals surface area contributed by atoms with Crippen LogP contribution in [0.1, 0.15) is 45.5 Å². The Morgan fingerprint density at radius 2 is 2.11 bits per heavy atom. The number of amides is 2. The number of hydrogen-bond donors (Lipinski definition) is 2. The number of rotatable bonds is 5. The van der Waals surface area contributed by atoms with Crippen LogP contribution < -0.4 is 11.1 Å². The number of thioether (sulfide) groups is 1. The van der Waals surface area contributed by atoms with Gasteiger partial charge < -0.3 is 11.1 Å². The molecule has 0 saturated carbocycles. The van der Waals surface area contributed by atoms with Crippen LogP contribution in [0.3, 0.4) is 0 Å². The van der Waals surface area contributed by atoms with Gasteiger partial charge in [-0.05, 0) is 51.7 Å². The highest BCUT2D eigenvalue weighted by Crippen LogP contribution is 2.39. The van der Waals surface area contributed by atoms with Gasteiger partial charge in [0.15, 0.2) is 0 Å². The summed E-state index contributed by atoms with van der Waals surface area (Å²) in [5, 5.41) is 7.88. The minimum absolute atomic E-state index is 0.216. The number of anilines is 1. The summed E-state index contributed by atoms with van der Waals surface area (Å²) in [5.41, 5.74) is 8.81. The molecule has 0 aliphatic heterocycles. The normalized spacial score (nSPS) is 14.2. The van der Waals surface area contributed by atoms with E-state index >= 15 is 0 Å². The minimum atomic E-state index is -0.492. The smallest absolute Gasteiger partial charge is 0.253 e. The number of nitrogens with zero attached hydrogens (tertiary/aromatic N) is 4. The lowest BCUT2D eigenvalue weighted by Crippen LogP contribution is -2.24. The molecule has 3 heterocycles. The number of carbonyl (C=O) groups excluding carboxylic acids is 2. The highest BCUT2D eigenvalue weighted by Gasteiger charge is 2.27. The topological polar surface area (TPSA) is 115 Å². The Kier molecular flexibility index (Phi) is 4.84. The van der Waals surface area contributed by atoms with Gasteiger partial charge >= 0.3 is 0 Å². The minimum Gasteiger partial charge on any atom is -0.365 e. The second-order valence-electron chi connectivity index (χ2n) is 6.82. The predicted molar refractivity (Wildman–Crippen MR) is 109 cm³/mol. The van der Waals surface area contributed by atoms with Crippen molar-refractivity contribution in [3.05, 3.63) is 33.5 Å². The molecule has 0 fully saturated rings. The molecule has 0 spiro atoms. The molecule has 0 saturated heterocycles. The molecule has 3 aromatic heterocycles. The molecule has 3 N–H and O–H groups in total. The lowest BCUT2D eigenvalue weighted by molar-refractivity contribution is -0.115. The standard InChI is InChI=1S/C18H20N6O2S2/c1-8-7-9(2)24-17(20-8)22-18(23-24)27-10(3)15(26)21-16-13(14(19)25)11-5-4-6-12(11)28-16/h7,10H,4-6H2,1-3H3,(H2,19,25)(H,21,26)/t10-/m1/s1. The molecule has 2 amide bonds. The first-order valence-electron chi connectivity index (χ1n) is 8.96. The molecular weight excluding hydrogens is 396 g/mol. The summed E-state index contributed by atoms with van der Waals surface area (Å²) in [5.74, 6) is -0.195. The van der Waals surface area contributed by atoms with Gasteiger partial charge in [0.2, 0.25) is 11.1 Å². The quantitative estimate of drug-likeness (QED) is 0.618. The molecule has 10 heteroatoms. The molecule has 28 heavy (non-hydrogen) atoms. The van der Waals surface area contributed by atoms with Crippen molar-refractivity contribution < 1.29 is 9.59 Å². The van der Waals surface area contributed by atoms with Crippen LogP contribution in [0.25, 0.3) is 5.78 Å². The highest BCUT2D eigenvalue weighted by molar-refractivity contribution is 8.00. The number of nitrogens with two attached hydrogens (primary N) is 1. The average Bonchev–Trinajstić information content (AvgIpc) is 3.28. The number of fused-ring (bicyclic) bond motifs is 2. The van der Waals surface area contributed by atoms with Crippen LogP contribution in [0.2, 0.25) is 0 Å². The molecule has 1 aliphatic rings. The van der Waals surface area contributed by atoms with Gasteiger partial charge in [0.05, 0.1) is 10.8 Å². The van der Waals surface area contributed by atoms with E-state index in [2.05, 4.69) is 20.4 Å². The Balaban J connectivity index is 1.52. The number of nitrogens with one attached hydrogen (secondary N) is 1. The monoisotopic (exact) mass is 416 g/mol. The van der Waals surface area contributed by atoms with Crippen molar-refractivity contribution in [2.75, 3.05) is 5.32 Å². The van der Waals surface area contributed by atoms with Gasteiger partial charge in [-0.2, -0.15) is 4.98 Å². The lowest BCUT2D eigenvalue weighted by Gasteiger charge is -2.10. The number of thiophene rings is 1. The summed E-state index contributed by atoms with van der Waals surface area (Å²) in [6.45, 7) is 5.62. The number of aromatic nitrogens is 4. The summed E-state index contributed by atoms with van der Waals surface area (Å²) in [6.07, 6.45) is 2.78. The maximum absolute atomic E-state index is 12.7. The van der Waals surface area contributed by atoms with E-state index in [1.165, 1.54) is 23.1 Å². The molecule has 0 unspecified atom stereocenters. The van der Waals surface area contributed by atoms with E-state index in [1.54, 1.807) is 11.4 Å². The van der Waals surface area contributed by atoms with E-state index in [0.29, 0.717) is 21.5 Å². The van der Waals surface area contributed by atoms with Gasteiger partial charge in [0, 0.05) is 16.3 Å². The molecular formula is C18H20N6O2S2. The fourth-order valence-corrected chi connectivity index (χ4v) is 5.42. The maximum Gasteiger partial charge on any atom is 0.253 e. The van der Waals surface area contributed by atoms with Crippen LogP contribution in [-0.4, -0.2) is 36.6 Å². The van der Waals surface area contributed by atoms with Crippen LogP contribution >= 0.6 is 23.1 Å². The van der Waals surface area contributed by atoms with Crippen molar-refractivity contribution in [2.45, 2.75) is 50.4 Å². The Bertz CT molecular complexity index is 1100. The van der Waals surface area contributed by atoms with Gasteiger partial charge in [-0.25, -0.2) is 9.50 Å². The van der Waals surface area contributed by atoms with Gasteiger partial charge in [-0.3, -0.25) is 9.59 Å². The molecule has 146 valence electrons. The molecule has 8 nitrogen and oxygen atoms in total. The van der Waals surface area contributed by atoms with Crippen LogP contribution in [0, 0.1) is 13.8 Å². The van der Waals surface area contributed by atoms with Crippen LogP contribution in [-0.2, 0) is 17.6 Å². The zero-order chi connectivity index (χ0) is 20.0. The predicted octanol–water partition coefficient (Wildman–Crippen LogP) is 2.51. The molecule has 0 bridgehead atoms. The van der Waals surface area contributed by atoms with Gasteiger partial charge in [-0.15, -0.1) is 16.4 Å². The van der Waals surface area contributed by atoms with Gasteiger partial charge in [0.1, 0.15) is 5.00 Å². The molecule has 0 radical (unpaired) electrons. The summed E-state index contributed by atoms with van der Waals surface area (Å²) >= 11 is 2.70. The third-order valence-corrected chi connectivity index (χ3v) is 6.81. The van der Waals surface area contributed by atoms with E-state index in [4.69, 9.17) is 5.73 Å². The number of hydrogen-bond acceptors (Lipinski definition) is 7. The van der Waals surface area contributed by atoms with E-state index in [1.807, 2.05) is 19.9 Å². The molecule has 3 aromatic rings. The second kappa shape index (κ2) is 7.17. The van der Waals surface area contributed by atoms with E-state index in [-0.39, 0.29) is 5.91 Å². The largest absolute Gasteiger partial charge is 0.365 e. The number of aryl methyl sites for hydroxylation is 3. The first-order valence-corrected chi connectivity index (χ1v) is 10.7. The van der Waals surface area contributed by atoms with Crippen LogP contribution in [0.4, 0.5) is 5.00 Å². The van der Waals surface area contributed by atoms with Gasteiger partial charge in [-0.1, -0.05) is 11.8 Å². The molecule has 4 rings (SSSR count). The third-order valence-electron chi connectivity index (χ3n) is 4.65. The Hall–Kier alpha value is -2.46. The summed E-state index contributed by atoms with van der Waals surface area (Å²) in [4.78, 5) is 34.5. The first-order chi connectivity index (χ1) is 13.3. The number of carbonyl (C=O) groups is 2. The molecule has 0 aromatic carbocycles. The van der Waals surface area contributed by atoms with Crippen molar-refractivity contribution >= 4 is 45.7 Å². The lowest BCUT2D eigenvalue weighted by atomic mass is 10.1. The van der Waals surface area contributed by atoms with Crippen molar-refractivity contribution in [2.24, 2.45) is 5.73 Å². The van der Waals surface area contributed by atoms with E-state index in [0.717, 1.165) is 41.1 Å². The van der Waals surface area contributed by atoms with Crippen LogP contribution in [0.15, 0.2) is 11.2 Å². The fraction of sp³-hybridized carbons (Fsp3) is 0.389. The van der Waals surface area contributed by atoms with E-state index in [9.17, 15) is 9.59 Å². The summed E-state index contributed by atoms with van der Waals surface area (Å²) in [7, 11) is 0. The van der Waals surface area contributed by atoms with Crippen LogP contribution in [0.5, 0.6) is 0 Å². The van der Waals surface area contributed by atoms with E-state index < -0.39 is 11.2 Å². The first kappa shape index (κ1) is 18.9. The molecule has 1 atom stereocenters. The van der Waals surface area contributed by atoms with Crippen molar-refractivity contribution in [3.8, 4) is 0 Å². The molecule has 1 aliphatic carbocycles. The van der Waals surface area contributed by atoms with Crippen molar-refractivity contribution in [1.82, 2.24) is 19.6 Å². The zero-order valence-corrected chi connectivity index (χ0v) is 17.4. The van der Waals surface area contributed by atoms with Crippen molar-refractivity contribution in [3.63, 3.8) is 0 Å². The fourth-order valence-electron chi connectivity index (χ4n) is 3.38. The Labute approximate surface area is 169 Å². The Morgan fingerprint density at radius 3 is 2.86 bits per heavy atom. The Morgan fingerprint density at radius 1 is 1.32 bits per heavy atom. The zero-order valence-electron chi connectivity index (χ0n) is 15.8. The SMILES string of the molecule is Cc1cc(C)n2nc(S[C@H](C)C(=O)Nc3sc4c(c3C(N)=O)CCC4)nc2n1. The average molecular weight is 417 g/mol.